The van der Waals surface area contributed by atoms with Crippen LogP contribution in [0.1, 0.15) is 17.3 Å². The Morgan fingerprint density at radius 2 is 2.41 bits per heavy atom. The van der Waals surface area contributed by atoms with Crippen molar-refractivity contribution >= 4 is 23.4 Å². The molecule has 0 aliphatic rings. The number of nitrogen functional groups attached to an aromatic ring is 1. The van der Waals surface area contributed by atoms with Crippen LogP contribution in [0.2, 0.25) is 0 Å². The minimum absolute atomic E-state index is 0.115. The number of aliphatic hydroxyl groups is 1. The first kappa shape index (κ1) is 13.8. The van der Waals surface area contributed by atoms with E-state index in [0.29, 0.717) is 22.0 Å². The number of thioether (sulfide) groups is 1. The molecule has 1 aromatic rings. The van der Waals surface area contributed by atoms with Gasteiger partial charge in [-0.05, 0) is 12.0 Å². The molecule has 6 heteroatoms. The molecule has 0 aromatic carbocycles. The first-order valence-corrected chi connectivity index (χ1v) is 6.15. The zero-order valence-electron chi connectivity index (χ0n) is 9.84. The van der Waals surface area contributed by atoms with E-state index in [1.54, 1.807) is 0 Å². The Balaban J connectivity index is 2.83. The van der Waals surface area contributed by atoms with Crippen molar-refractivity contribution in [1.82, 2.24) is 4.98 Å². The Morgan fingerprint density at radius 1 is 1.71 bits per heavy atom. The lowest BCUT2D eigenvalue weighted by Crippen LogP contribution is -2.08. The maximum Gasteiger partial charge on any atom is 0.340 e. The first-order chi connectivity index (χ1) is 8.10. The van der Waals surface area contributed by atoms with Crippen molar-refractivity contribution in [1.29, 1.82) is 0 Å². The summed E-state index contributed by atoms with van der Waals surface area (Å²) < 4.78 is 4.62. The molecule has 1 heterocycles. The van der Waals surface area contributed by atoms with Gasteiger partial charge in [0.1, 0.15) is 5.03 Å². The molecule has 1 rings (SSSR count). The number of aromatic nitrogens is 1. The molecule has 1 aromatic heterocycles. The number of hydrogen-bond acceptors (Lipinski definition) is 6. The molecule has 94 valence electrons. The standard InChI is InChI=1S/C11H16N2O3S/c1-7(5-14)6-17-10-9(12)8(3-4-13-10)11(15)16-2/h3-4,7,14H,5-6,12H2,1-2H3. The fourth-order valence-electron chi connectivity index (χ4n) is 1.13. The minimum atomic E-state index is -0.470. The number of carbonyl (C=O) groups excluding carboxylic acids is 1. The third-order valence-electron chi connectivity index (χ3n) is 2.18. The molecular formula is C11H16N2O3S. The van der Waals surface area contributed by atoms with Gasteiger partial charge in [0.05, 0.1) is 18.4 Å². The molecule has 0 spiro atoms. The van der Waals surface area contributed by atoms with Crippen molar-refractivity contribution in [3.8, 4) is 0 Å². The number of ether oxygens (including phenoxy) is 1. The highest BCUT2D eigenvalue weighted by Crippen LogP contribution is 2.27. The number of methoxy groups -OCH3 is 1. The molecule has 0 amide bonds. The summed E-state index contributed by atoms with van der Waals surface area (Å²) in [5.41, 5.74) is 6.49. The predicted molar refractivity (Wildman–Crippen MR) is 67.0 cm³/mol. The van der Waals surface area contributed by atoms with Gasteiger partial charge in [-0.25, -0.2) is 9.78 Å². The first-order valence-electron chi connectivity index (χ1n) is 5.16. The van der Waals surface area contributed by atoms with Gasteiger partial charge in [-0.1, -0.05) is 6.92 Å². The Morgan fingerprint density at radius 3 is 3.00 bits per heavy atom. The highest BCUT2D eigenvalue weighted by Gasteiger charge is 2.14. The third-order valence-corrected chi connectivity index (χ3v) is 3.51. The number of rotatable bonds is 5. The topological polar surface area (TPSA) is 85.4 Å². The van der Waals surface area contributed by atoms with E-state index in [2.05, 4.69) is 9.72 Å². The van der Waals surface area contributed by atoms with Gasteiger partial charge in [-0.15, -0.1) is 11.8 Å². The van der Waals surface area contributed by atoms with E-state index in [9.17, 15) is 4.79 Å². The summed E-state index contributed by atoms with van der Waals surface area (Å²) in [5.74, 6) is 0.378. The van der Waals surface area contributed by atoms with Gasteiger partial charge in [-0.2, -0.15) is 0 Å². The second kappa shape index (κ2) is 6.46. The second-order valence-electron chi connectivity index (χ2n) is 3.67. The third kappa shape index (κ3) is 3.61. The molecule has 0 aliphatic heterocycles. The Bertz CT molecular complexity index is 398. The molecule has 1 atom stereocenters. The molecule has 3 N–H and O–H groups in total. The van der Waals surface area contributed by atoms with Crippen LogP contribution >= 0.6 is 11.8 Å². The number of aliphatic hydroxyl groups excluding tert-OH is 1. The van der Waals surface area contributed by atoms with Crippen molar-refractivity contribution in [3.63, 3.8) is 0 Å². The smallest absolute Gasteiger partial charge is 0.340 e. The fraction of sp³-hybridized carbons (Fsp3) is 0.455. The maximum atomic E-state index is 11.4. The zero-order valence-corrected chi connectivity index (χ0v) is 10.7. The highest BCUT2D eigenvalue weighted by atomic mass is 32.2. The molecule has 0 bridgehead atoms. The molecule has 0 aliphatic carbocycles. The number of pyridine rings is 1. The lowest BCUT2D eigenvalue weighted by molar-refractivity contribution is 0.0601. The van der Waals surface area contributed by atoms with Crippen molar-refractivity contribution in [2.24, 2.45) is 5.92 Å². The summed E-state index contributed by atoms with van der Waals surface area (Å²) in [6.07, 6.45) is 1.52. The number of hydrogen-bond donors (Lipinski definition) is 2. The van der Waals surface area contributed by atoms with Gasteiger partial charge in [0.15, 0.2) is 0 Å². The summed E-state index contributed by atoms with van der Waals surface area (Å²) in [6, 6.07) is 1.53. The lowest BCUT2D eigenvalue weighted by atomic mass is 10.2. The largest absolute Gasteiger partial charge is 0.465 e. The van der Waals surface area contributed by atoms with E-state index >= 15 is 0 Å². The molecule has 0 saturated carbocycles. The summed E-state index contributed by atoms with van der Waals surface area (Å²) in [6.45, 7) is 2.04. The van der Waals surface area contributed by atoms with Crippen LogP contribution in [0, 0.1) is 5.92 Å². The predicted octanol–water partition coefficient (Wildman–Crippen LogP) is 1.17. The average Bonchev–Trinajstić information content (AvgIpc) is 2.36. The van der Waals surface area contributed by atoms with Gasteiger partial charge in [-0.3, -0.25) is 0 Å². The van der Waals surface area contributed by atoms with Crippen molar-refractivity contribution < 1.29 is 14.6 Å². The van der Waals surface area contributed by atoms with E-state index in [1.165, 1.54) is 31.1 Å². The van der Waals surface area contributed by atoms with E-state index in [0.717, 1.165) is 0 Å². The van der Waals surface area contributed by atoms with Crippen LogP contribution < -0.4 is 5.73 Å². The summed E-state index contributed by atoms with van der Waals surface area (Å²) in [5, 5.41) is 9.51. The van der Waals surface area contributed by atoms with Gasteiger partial charge in [0.2, 0.25) is 0 Å². The van der Waals surface area contributed by atoms with Gasteiger partial charge in [0.25, 0.3) is 0 Å². The maximum absolute atomic E-state index is 11.4. The number of anilines is 1. The van der Waals surface area contributed by atoms with Crippen LogP contribution in [0.4, 0.5) is 5.69 Å². The molecule has 0 fully saturated rings. The molecule has 1 unspecified atom stereocenters. The quantitative estimate of drug-likeness (QED) is 0.607. The van der Waals surface area contributed by atoms with Gasteiger partial charge >= 0.3 is 5.97 Å². The number of esters is 1. The Hall–Kier alpha value is -1.27. The minimum Gasteiger partial charge on any atom is -0.465 e. The summed E-state index contributed by atoms with van der Waals surface area (Å²) in [7, 11) is 1.31. The average molecular weight is 256 g/mol. The van der Waals surface area contributed by atoms with Gasteiger partial charge < -0.3 is 15.6 Å². The molecule has 17 heavy (non-hydrogen) atoms. The van der Waals surface area contributed by atoms with Crippen molar-refractivity contribution in [2.75, 3.05) is 25.2 Å². The van der Waals surface area contributed by atoms with Crippen LogP contribution in [0.3, 0.4) is 0 Å². The van der Waals surface area contributed by atoms with Crippen molar-refractivity contribution in [3.05, 3.63) is 17.8 Å². The Labute approximate surface area is 104 Å². The normalized spacial score (nSPS) is 12.2. The highest BCUT2D eigenvalue weighted by molar-refractivity contribution is 7.99. The molecule has 0 radical (unpaired) electrons. The summed E-state index contributed by atoms with van der Waals surface area (Å²) in [4.78, 5) is 15.5. The number of nitrogens with zero attached hydrogens (tertiary/aromatic N) is 1. The lowest BCUT2D eigenvalue weighted by Gasteiger charge is -2.10. The molecule has 5 nitrogen and oxygen atoms in total. The van der Waals surface area contributed by atoms with Crippen LogP contribution in [0.15, 0.2) is 17.3 Å². The molecular weight excluding hydrogens is 240 g/mol. The zero-order chi connectivity index (χ0) is 12.8. The van der Waals surface area contributed by atoms with Crippen LogP contribution in [0.5, 0.6) is 0 Å². The summed E-state index contributed by atoms with van der Waals surface area (Å²) >= 11 is 1.42. The van der Waals surface area contributed by atoms with E-state index in [4.69, 9.17) is 10.8 Å². The monoisotopic (exact) mass is 256 g/mol. The van der Waals surface area contributed by atoms with Crippen LogP contribution in [-0.4, -0.2) is 35.5 Å². The van der Waals surface area contributed by atoms with E-state index in [-0.39, 0.29) is 12.5 Å². The fourth-order valence-corrected chi connectivity index (χ4v) is 2.08. The van der Waals surface area contributed by atoms with Crippen molar-refractivity contribution in [2.45, 2.75) is 11.9 Å². The van der Waals surface area contributed by atoms with E-state index < -0.39 is 5.97 Å². The second-order valence-corrected chi connectivity index (χ2v) is 4.68. The van der Waals surface area contributed by atoms with Crippen LogP contribution in [0.25, 0.3) is 0 Å². The number of carbonyl (C=O) groups is 1. The number of nitrogens with two attached hydrogens (primary N) is 1. The molecule has 0 saturated heterocycles. The van der Waals surface area contributed by atoms with Gasteiger partial charge in [0, 0.05) is 18.6 Å². The Kier molecular flexibility index (Phi) is 5.24. The SMILES string of the molecule is COC(=O)c1ccnc(SCC(C)CO)c1N. The van der Waals surface area contributed by atoms with Crippen LogP contribution in [-0.2, 0) is 4.74 Å². The van der Waals surface area contributed by atoms with E-state index in [1.807, 2.05) is 6.92 Å².